The molecule has 0 aromatic carbocycles. The van der Waals surface area contributed by atoms with Crippen LogP contribution in [0.5, 0.6) is 0 Å². The molecule has 4 unspecified atom stereocenters. The Bertz CT molecular complexity index is 963. The molecule has 0 aromatic heterocycles. The minimum absolute atomic E-state index is 0.0120. The van der Waals surface area contributed by atoms with Crippen LogP contribution in [0.1, 0.15) is 137 Å². The van der Waals surface area contributed by atoms with Gasteiger partial charge in [0.25, 0.3) is 0 Å². The number of hydrogen-bond acceptors (Lipinski definition) is 5. The molecule has 1 saturated carbocycles. The Kier molecular flexibility index (Phi) is 18.6. The molecule has 2 aliphatic rings. The summed E-state index contributed by atoms with van der Waals surface area (Å²) in [5, 5.41) is 19.0. The molecule has 9 heteroatoms. The molecule has 2 rings (SSSR count). The van der Waals surface area contributed by atoms with Gasteiger partial charge in [-0.1, -0.05) is 96.4 Å². The van der Waals surface area contributed by atoms with E-state index in [1.165, 1.54) is 44.9 Å². The normalized spacial score (nSPS) is 23.3. The van der Waals surface area contributed by atoms with Crippen LogP contribution < -0.4 is 16.0 Å². The molecule has 1 aliphatic heterocycles. The van der Waals surface area contributed by atoms with Gasteiger partial charge < -0.3 is 30.5 Å². The zero-order chi connectivity index (χ0) is 33.8. The van der Waals surface area contributed by atoms with Crippen molar-refractivity contribution in [2.75, 3.05) is 19.7 Å². The smallest absolute Gasteiger partial charge is 0.315 e. The van der Waals surface area contributed by atoms with E-state index < -0.39 is 29.2 Å². The van der Waals surface area contributed by atoms with E-state index in [2.05, 4.69) is 47.2 Å². The average molecular weight is 648 g/mol. The monoisotopic (exact) mass is 647 g/mol. The third-order valence-electron chi connectivity index (χ3n) is 9.27. The highest BCUT2D eigenvalue weighted by atomic mass is 16.7. The summed E-state index contributed by atoms with van der Waals surface area (Å²) >= 11 is 0. The quantitative estimate of drug-likeness (QED) is 0.0749. The van der Waals surface area contributed by atoms with E-state index in [0.717, 1.165) is 51.4 Å². The lowest BCUT2D eigenvalue weighted by molar-refractivity contribution is -0.304. The molecule has 0 radical (unpaired) electrons. The zero-order valence-corrected chi connectivity index (χ0v) is 29.5. The molecular formula is C37H65N3O6. The summed E-state index contributed by atoms with van der Waals surface area (Å²) in [5.74, 6) is -3.27. The van der Waals surface area contributed by atoms with Gasteiger partial charge in [0.2, 0.25) is 5.91 Å². The van der Waals surface area contributed by atoms with Crippen molar-refractivity contribution < 1.29 is 29.0 Å². The van der Waals surface area contributed by atoms with Crippen molar-refractivity contribution in [2.45, 2.75) is 155 Å². The fraction of sp³-hybridized carbons (Fsp3) is 0.811. The van der Waals surface area contributed by atoms with Gasteiger partial charge in [0.05, 0.1) is 12.5 Å². The second-order valence-electron chi connectivity index (χ2n) is 14.4. The van der Waals surface area contributed by atoms with Crippen molar-refractivity contribution in [1.82, 2.24) is 16.0 Å². The third kappa shape index (κ3) is 15.5. The first-order chi connectivity index (χ1) is 22.0. The lowest BCUT2D eigenvalue weighted by Crippen LogP contribution is -2.57. The summed E-state index contributed by atoms with van der Waals surface area (Å²) in [6, 6.07) is -0.499. The Hall–Kier alpha value is -2.39. The predicted molar refractivity (Wildman–Crippen MR) is 184 cm³/mol. The van der Waals surface area contributed by atoms with Gasteiger partial charge in [0, 0.05) is 24.5 Å². The number of rotatable bonds is 21. The van der Waals surface area contributed by atoms with Gasteiger partial charge in [-0.15, -0.1) is 0 Å². The molecule has 2 fully saturated rings. The summed E-state index contributed by atoms with van der Waals surface area (Å²) < 4.78 is 11.6. The second kappa shape index (κ2) is 21.5. The molecule has 9 nitrogen and oxygen atoms in total. The van der Waals surface area contributed by atoms with Gasteiger partial charge in [0.1, 0.15) is 6.10 Å². The Morgan fingerprint density at radius 3 is 2.15 bits per heavy atom. The van der Waals surface area contributed by atoms with Crippen LogP contribution in [0, 0.1) is 17.3 Å². The van der Waals surface area contributed by atoms with Crippen molar-refractivity contribution in [2.24, 2.45) is 17.3 Å². The summed E-state index contributed by atoms with van der Waals surface area (Å²) in [4.78, 5) is 38.2. The molecule has 1 saturated heterocycles. The standard InChI is InChI=1S/C37H65N3O6/c1-6-7-8-9-10-11-12-13-14-15-16-17-18-19-20-23-26-38-35(44)40-31-25-22-21-24-29(31)30(34(42)43)27-39-33(41)32-36(2,3)28-45-37(4,5)46-32/h11-12,14-15,29-32H,6-10,13,16-28H2,1-5H3,(H,39,41)(H,42,43)(H2,38,40,44). The van der Waals surface area contributed by atoms with Crippen LogP contribution in [-0.4, -0.2) is 60.6 Å². The van der Waals surface area contributed by atoms with Crippen molar-refractivity contribution in [3.05, 3.63) is 24.3 Å². The van der Waals surface area contributed by atoms with Gasteiger partial charge in [-0.3, -0.25) is 9.59 Å². The number of hydrogen-bond donors (Lipinski definition) is 4. The van der Waals surface area contributed by atoms with Crippen LogP contribution in [0.15, 0.2) is 24.3 Å². The maximum absolute atomic E-state index is 13.1. The molecule has 1 heterocycles. The van der Waals surface area contributed by atoms with Crippen LogP contribution in [0.25, 0.3) is 0 Å². The molecule has 0 bridgehead atoms. The summed E-state index contributed by atoms with van der Waals surface area (Å²) in [6.07, 6.45) is 25.8. The maximum atomic E-state index is 13.1. The van der Waals surface area contributed by atoms with Gasteiger partial charge in [-0.25, -0.2) is 4.79 Å². The van der Waals surface area contributed by atoms with E-state index in [-0.39, 0.29) is 30.4 Å². The SMILES string of the molecule is CCCCCCC=CCC=CCCCCCCCNC(=O)NC1CCCCC1C(CNC(=O)C1OC(C)(C)OCC1(C)C)C(=O)O. The fourth-order valence-electron chi connectivity index (χ4n) is 6.40. The Morgan fingerprint density at radius 1 is 0.848 bits per heavy atom. The number of ether oxygens (including phenoxy) is 2. The van der Waals surface area contributed by atoms with Crippen LogP contribution in [-0.2, 0) is 19.1 Å². The van der Waals surface area contributed by atoms with E-state index in [0.29, 0.717) is 19.6 Å². The molecular weight excluding hydrogens is 582 g/mol. The number of carboxylic acids is 1. The summed E-state index contributed by atoms with van der Waals surface area (Å²) in [7, 11) is 0. The zero-order valence-electron chi connectivity index (χ0n) is 29.5. The first kappa shape index (κ1) is 39.8. The molecule has 264 valence electrons. The van der Waals surface area contributed by atoms with Gasteiger partial charge in [0.15, 0.2) is 5.79 Å². The molecule has 3 amide bonds. The van der Waals surface area contributed by atoms with Crippen LogP contribution in [0.3, 0.4) is 0 Å². The number of urea groups is 1. The van der Waals surface area contributed by atoms with E-state index in [1.807, 2.05) is 13.8 Å². The van der Waals surface area contributed by atoms with Gasteiger partial charge in [-0.2, -0.15) is 0 Å². The summed E-state index contributed by atoms with van der Waals surface area (Å²) in [6.45, 7) is 10.5. The minimum atomic E-state index is -0.965. The highest BCUT2D eigenvalue weighted by Gasteiger charge is 2.46. The summed E-state index contributed by atoms with van der Waals surface area (Å²) in [5.41, 5.74) is -0.549. The van der Waals surface area contributed by atoms with Crippen molar-refractivity contribution in [3.8, 4) is 0 Å². The first-order valence-electron chi connectivity index (χ1n) is 18.1. The van der Waals surface area contributed by atoms with E-state index >= 15 is 0 Å². The number of allylic oxidation sites excluding steroid dienone is 4. The van der Waals surface area contributed by atoms with Crippen molar-refractivity contribution in [1.29, 1.82) is 0 Å². The number of unbranched alkanes of at least 4 members (excludes halogenated alkanes) is 9. The van der Waals surface area contributed by atoms with Crippen LogP contribution in [0.4, 0.5) is 4.79 Å². The number of amides is 3. The highest BCUT2D eigenvalue weighted by Crippen LogP contribution is 2.35. The maximum Gasteiger partial charge on any atom is 0.315 e. The van der Waals surface area contributed by atoms with Crippen molar-refractivity contribution >= 4 is 17.9 Å². The predicted octanol–water partition coefficient (Wildman–Crippen LogP) is 7.65. The number of carbonyl (C=O) groups excluding carboxylic acids is 2. The Morgan fingerprint density at radius 2 is 1.48 bits per heavy atom. The van der Waals surface area contributed by atoms with Gasteiger partial charge >= 0.3 is 12.0 Å². The lowest BCUT2D eigenvalue weighted by atomic mass is 9.76. The molecule has 4 atom stereocenters. The van der Waals surface area contributed by atoms with E-state index in [1.54, 1.807) is 13.8 Å². The van der Waals surface area contributed by atoms with Crippen LogP contribution >= 0.6 is 0 Å². The minimum Gasteiger partial charge on any atom is -0.481 e. The number of carbonyl (C=O) groups is 3. The van der Waals surface area contributed by atoms with Gasteiger partial charge in [-0.05, 0) is 71.1 Å². The number of nitrogens with one attached hydrogen (secondary N) is 3. The molecule has 0 spiro atoms. The largest absolute Gasteiger partial charge is 0.481 e. The first-order valence-corrected chi connectivity index (χ1v) is 18.1. The van der Waals surface area contributed by atoms with Crippen molar-refractivity contribution in [3.63, 3.8) is 0 Å². The van der Waals surface area contributed by atoms with E-state index in [9.17, 15) is 19.5 Å². The highest BCUT2D eigenvalue weighted by molar-refractivity contribution is 5.82. The topological polar surface area (TPSA) is 126 Å². The third-order valence-corrected chi connectivity index (χ3v) is 9.27. The second-order valence-corrected chi connectivity index (χ2v) is 14.4. The Balaban J connectivity index is 1.65. The fourth-order valence-corrected chi connectivity index (χ4v) is 6.40. The molecule has 1 aliphatic carbocycles. The molecule has 4 N–H and O–H groups in total. The molecule has 0 aromatic rings. The van der Waals surface area contributed by atoms with E-state index in [4.69, 9.17) is 9.47 Å². The molecule has 46 heavy (non-hydrogen) atoms. The van der Waals surface area contributed by atoms with Crippen LogP contribution in [0.2, 0.25) is 0 Å². The number of aliphatic carboxylic acids is 1. The average Bonchev–Trinajstić information content (AvgIpc) is 3.00. The lowest BCUT2D eigenvalue weighted by Gasteiger charge is -2.45. The Labute approximate surface area is 279 Å². The number of carboxylic acid groups (broad SMARTS) is 1.